The minimum Gasteiger partial charge on any atom is -0.493 e. The van der Waals surface area contributed by atoms with E-state index in [1.807, 2.05) is 0 Å². The Hall–Kier alpha value is -1.11. The van der Waals surface area contributed by atoms with Crippen molar-refractivity contribution < 1.29 is 18.3 Å². The molecule has 0 spiro atoms. The third kappa shape index (κ3) is 2.91. The molecule has 0 saturated carbocycles. The van der Waals surface area contributed by atoms with Crippen molar-refractivity contribution in [2.75, 3.05) is 6.61 Å². The van der Waals surface area contributed by atoms with Crippen molar-refractivity contribution in [1.29, 1.82) is 0 Å². The molecule has 1 heterocycles. The van der Waals surface area contributed by atoms with Gasteiger partial charge in [-0.15, -0.1) is 0 Å². The summed E-state index contributed by atoms with van der Waals surface area (Å²) in [7, 11) is -3.65. The number of fused-ring (bicyclic) bond motifs is 1. The molecule has 0 aromatic heterocycles. The molecule has 1 unspecified atom stereocenters. The Morgan fingerprint density at radius 2 is 2.11 bits per heavy atom. The first-order valence-corrected chi connectivity index (χ1v) is 7.68. The van der Waals surface area contributed by atoms with Gasteiger partial charge < -0.3 is 9.84 Å². The van der Waals surface area contributed by atoms with Crippen LogP contribution < -0.4 is 9.46 Å². The monoisotopic (exact) mass is 285 g/mol. The van der Waals surface area contributed by atoms with Gasteiger partial charge >= 0.3 is 0 Å². The van der Waals surface area contributed by atoms with Crippen molar-refractivity contribution in [3.05, 3.63) is 23.8 Å². The zero-order valence-corrected chi connectivity index (χ0v) is 12.1. The maximum Gasteiger partial charge on any atom is 0.241 e. The second kappa shape index (κ2) is 4.77. The van der Waals surface area contributed by atoms with E-state index in [9.17, 15) is 13.5 Å². The molecule has 0 fully saturated rings. The highest BCUT2D eigenvalue weighted by Crippen LogP contribution is 2.28. The summed E-state index contributed by atoms with van der Waals surface area (Å²) in [5, 5.41) is 9.60. The molecule has 0 radical (unpaired) electrons. The van der Waals surface area contributed by atoms with Crippen LogP contribution in [0.25, 0.3) is 0 Å². The standard InChI is InChI=1S/C13H19NO4S/c1-9(15)13(2,3)14-19(16,17)11-4-5-12-10(8-11)6-7-18-12/h4-5,8-9,14-15H,6-7H2,1-3H3. The Morgan fingerprint density at radius 3 is 2.74 bits per heavy atom. The number of benzene rings is 1. The molecule has 1 aliphatic heterocycles. The van der Waals surface area contributed by atoms with Crippen molar-refractivity contribution in [2.45, 2.75) is 43.7 Å². The van der Waals surface area contributed by atoms with Crippen LogP contribution in [0.5, 0.6) is 5.75 Å². The van der Waals surface area contributed by atoms with Crippen LogP contribution >= 0.6 is 0 Å². The molecule has 106 valence electrons. The summed E-state index contributed by atoms with van der Waals surface area (Å²) in [6.45, 7) is 5.43. The van der Waals surface area contributed by atoms with Gasteiger partial charge in [0.2, 0.25) is 10.0 Å². The van der Waals surface area contributed by atoms with Crippen LogP contribution in [0.3, 0.4) is 0 Å². The largest absolute Gasteiger partial charge is 0.493 e. The number of aliphatic hydroxyl groups is 1. The molecule has 6 heteroatoms. The number of ether oxygens (including phenoxy) is 1. The summed E-state index contributed by atoms with van der Waals surface area (Å²) in [6, 6.07) is 4.82. The third-order valence-corrected chi connectivity index (χ3v) is 5.08. The van der Waals surface area contributed by atoms with Gasteiger partial charge in [0.05, 0.1) is 23.1 Å². The van der Waals surface area contributed by atoms with Crippen LogP contribution in [-0.4, -0.2) is 31.8 Å². The molecule has 0 amide bonds. The van der Waals surface area contributed by atoms with Gasteiger partial charge in [-0.1, -0.05) is 0 Å². The van der Waals surface area contributed by atoms with Crippen LogP contribution in [0.2, 0.25) is 0 Å². The molecule has 0 saturated heterocycles. The fourth-order valence-corrected chi connectivity index (χ4v) is 3.35. The predicted molar refractivity (Wildman–Crippen MR) is 71.7 cm³/mol. The average Bonchev–Trinajstić information content (AvgIpc) is 2.73. The van der Waals surface area contributed by atoms with E-state index in [2.05, 4.69) is 4.72 Å². The van der Waals surface area contributed by atoms with Crippen LogP contribution in [0.1, 0.15) is 26.3 Å². The summed E-state index contributed by atoms with van der Waals surface area (Å²) < 4.78 is 32.4. The minimum atomic E-state index is -3.65. The lowest BCUT2D eigenvalue weighted by Gasteiger charge is -2.28. The van der Waals surface area contributed by atoms with Gasteiger partial charge in [0.25, 0.3) is 0 Å². The van der Waals surface area contributed by atoms with E-state index in [-0.39, 0.29) is 4.90 Å². The number of hydrogen-bond acceptors (Lipinski definition) is 4. The van der Waals surface area contributed by atoms with E-state index < -0.39 is 21.7 Å². The first-order valence-electron chi connectivity index (χ1n) is 6.20. The molecule has 1 aliphatic rings. The van der Waals surface area contributed by atoms with E-state index >= 15 is 0 Å². The number of rotatable bonds is 4. The number of hydrogen-bond donors (Lipinski definition) is 2. The Labute approximate surface area is 113 Å². The Morgan fingerprint density at radius 1 is 1.42 bits per heavy atom. The Bertz CT molecular complexity index is 578. The first kappa shape index (κ1) is 14.3. The van der Waals surface area contributed by atoms with Crippen molar-refractivity contribution in [2.24, 2.45) is 0 Å². The lowest BCUT2D eigenvalue weighted by atomic mass is 10.0. The topological polar surface area (TPSA) is 75.6 Å². The van der Waals surface area contributed by atoms with Crippen molar-refractivity contribution >= 4 is 10.0 Å². The van der Waals surface area contributed by atoms with Gasteiger partial charge in [-0.25, -0.2) is 13.1 Å². The zero-order chi connectivity index (χ0) is 14.3. The second-order valence-corrected chi connectivity index (χ2v) is 7.05. The smallest absolute Gasteiger partial charge is 0.241 e. The highest BCUT2D eigenvalue weighted by Gasteiger charge is 2.31. The maximum absolute atomic E-state index is 12.3. The van der Waals surface area contributed by atoms with Crippen molar-refractivity contribution in [1.82, 2.24) is 4.72 Å². The van der Waals surface area contributed by atoms with E-state index in [4.69, 9.17) is 4.74 Å². The molecule has 0 aliphatic carbocycles. The van der Waals surface area contributed by atoms with Gasteiger partial charge in [0.1, 0.15) is 5.75 Å². The van der Waals surface area contributed by atoms with Crippen molar-refractivity contribution in [3.63, 3.8) is 0 Å². The average molecular weight is 285 g/mol. The van der Waals surface area contributed by atoms with Crippen LogP contribution in [0, 0.1) is 0 Å². The Balaban J connectivity index is 2.30. The molecule has 1 aromatic carbocycles. The molecule has 19 heavy (non-hydrogen) atoms. The summed E-state index contributed by atoms with van der Waals surface area (Å²) in [4.78, 5) is 0.200. The summed E-state index contributed by atoms with van der Waals surface area (Å²) in [6.07, 6.45) is -0.0709. The normalized spacial score (nSPS) is 16.8. The molecular formula is C13H19NO4S. The molecular weight excluding hydrogens is 266 g/mol. The van der Waals surface area contributed by atoms with E-state index in [0.717, 1.165) is 17.7 Å². The van der Waals surface area contributed by atoms with Crippen LogP contribution in [0.15, 0.2) is 23.1 Å². The van der Waals surface area contributed by atoms with Gasteiger partial charge in [0, 0.05) is 6.42 Å². The maximum atomic E-state index is 12.3. The highest BCUT2D eigenvalue weighted by molar-refractivity contribution is 7.89. The van der Waals surface area contributed by atoms with Crippen molar-refractivity contribution in [3.8, 4) is 5.75 Å². The van der Waals surface area contributed by atoms with Gasteiger partial charge in [-0.05, 0) is 44.5 Å². The molecule has 1 aromatic rings. The van der Waals surface area contributed by atoms with E-state index in [1.165, 1.54) is 6.07 Å². The lowest BCUT2D eigenvalue weighted by Crippen LogP contribution is -2.50. The van der Waals surface area contributed by atoms with Gasteiger partial charge in [-0.2, -0.15) is 0 Å². The van der Waals surface area contributed by atoms with Crippen LogP contribution in [-0.2, 0) is 16.4 Å². The first-order chi connectivity index (χ1) is 8.72. The fraction of sp³-hybridized carbons (Fsp3) is 0.538. The van der Waals surface area contributed by atoms with Gasteiger partial charge in [0.15, 0.2) is 0 Å². The number of aliphatic hydroxyl groups excluding tert-OH is 1. The summed E-state index contributed by atoms with van der Waals surface area (Å²) in [5.74, 6) is 0.744. The molecule has 0 bridgehead atoms. The predicted octanol–water partition coefficient (Wildman–Crippen LogP) is 1.06. The lowest BCUT2D eigenvalue weighted by molar-refractivity contribution is 0.111. The molecule has 1 atom stereocenters. The third-order valence-electron chi connectivity index (χ3n) is 3.41. The highest BCUT2D eigenvalue weighted by atomic mass is 32.2. The quantitative estimate of drug-likeness (QED) is 0.867. The zero-order valence-electron chi connectivity index (χ0n) is 11.3. The minimum absolute atomic E-state index is 0.200. The number of nitrogens with one attached hydrogen (secondary N) is 1. The molecule has 5 nitrogen and oxygen atoms in total. The van der Waals surface area contributed by atoms with Crippen LogP contribution in [0.4, 0.5) is 0 Å². The fourth-order valence-electron chi connectivity index (χ4n) is 1.82. The van der Waals surface area contributed by atoms with Gasteiger partial charge in [-0.3, -0.25) is 0 Å². The summed E-state index contributed by atoms with van der Waals surface area (Å²) >= 11 is 0. The molecule has 2 rings (SSSR count). The van der Waals surface area contributed by atoms with E-state index in [1.54, 1.807) is 32.9 Å². The van der Waals surface area contributed by atoms with E-state index in [0.29, 0.717) is 6.61 Å². The number of sulfonamides is 1. The summed E-state index contributed by atoms with van der Waals surface area (Å²) in [5.41, 5.74) is -0.0216. The second-order valence-electron chi connectivity index (χ2n) is 5.37. The Kier molecular flexibility index (Phi) is 3.59. The SMILES string of the molecule is CC(O)C(C)(C)NS(=O)(=O)c1ccc2c(c1)CCO2. The molecule has 2 N–H and O–H groups in total.